The zero-order chi connectivity index (χ0) is 21.2. The molecule has 0 aliphatic carbocycles. The van der Waals surface area contributed by atoms with E-state index in [2.05, 4.69) is 10.0 Å². The van der Waals surface area contributed by atoms with Crippen LogP contribution in [0, 0.1) is 6.92 Å². The van der Waals surface area contributed by atoms with Crippen LogP contribution in [0.15, 0.2) is 47.4 Å². The van der Waals surface area contributed by atoms with E-state index in [1.54, 1.807) is 48.2 Å². The highest BCUT2D eigenvalue weighted by Gasteiger charge is 2.25. The second kappa shape index (κ2) is 8.24. The maximum atomic E-state index is 13.0. The van der Waals surface area contributed by atoms with Gasteiger partial charge in [0.15, 0.2) is 0 Å². The minimum atomic E-state index is -3.85. The van der Waals surface area contributed by atoms with Crippen molar-refractivity contribution in [2.24, 2.45) is 0 Å². The van der Waals surface area contributed by atoms with Gasteiger partial charge in [0, 0.05) is 31.3 Å². The number of sulfonamides is 1. The van der Waals surface area contributed by atoms with Crippen molar-refractivity contribution >= 4 is 33.2 Å². The number of hydrogen-bond acceptors (Lipinski definition) is 4. The predicted molar refractivity (Wildman–Crippen MR) is 112 cm³/mol. The van der Waals surface area contributed by atoms with Gasteiger partial charge in [0.1, 0.15) is 0 Å². The van der Waals surface area contributed by atoms with Crippen molar-refractivity contribution in [2.75, 3.05) is 16.2 Å². The molecule has 1 heterocycles. The van der Waals surface area contributed by atoms with Crippen molar-refractivity contribution in [3.8, 4) is 0 Å². The fourth-order valence-corrected chi connectivity index (χ4v) is 4.75. The van der Waals surface area contributed by atoms with Crippen LogP contribution in [0.25, 0.3) is 0 Å². The third-order valence-corrected chi connectivity index (χ3v) is 6.43. The number of hydrogen-bond donors (Lipinski definition) is 2. The molecule has 2 aromatic rings. The van der Waals surface area contributed by atoms with Crippen molar-refractivity contribution in [2.45, 2.75) is 44.6 Å². The Bertz CT molecular complexity index is 1050. The standard InChI is InChI=1S/C21H25N3O4S/c1-14-9-10-19(24-11-5-8-21(24)26)13-20(14)29(27,28)23-18-7-4-6-17(12-18)15(2)22-16(3)25/h4,6-7,9-10,12-13,15,23H,5,8,11H2,1-3H3,(H,22,25)/t15-/m0/s1. The van der Waals surface area contributed by atoms with E-state index in [0.29, 0.717) is 29.9 Å². The van der Waals surface area contributed by atoms with E-state index in [4.69, 9.17) is 0 Å². The molecule has 0 spiro atoms. The van der Waals surface area contributed by atoms with Gasteiger partial charge in [-0.15, -0.1) is 0 Å². The van der Waals surface area contributed by atoms with Crippen molar-refractivity contribution in [1.82, 2.24) is 5.32 Å². The van der Waals surface area contributed by atoms with Crippen LogP contribution in [-0.2, 0) is 19.6 Å². The number of carbonyl (C=O) groups excluding carboxylic acids is 2. The zero-order valence-corrected chi connectivity index (χ0v) is 17.5. The van der Waals surface area contributed by atoms with E-state index in [1.165, 1.54) is 6.92 Å². The van der Waals surface area contributed by atoms with E-state index < -0.39 is 10.0 Å². The van der Waals surface area contributed by atoms with Gasteiger partial charge in [-0.3, -0.25) is 14.3 Å². The van der Waals surface area contributed by atoms with Gasteiger partial charge in [0.2, 0.25) is 11.8 Å². The maximum absolute atomic E-state index is 13.0. The Kier molecular flexibility index (Phi) is 5.93. The minimum Gasteiger partial charge on any atom is -0.350 e. The Morgan fingerprint density at radius 3 is 2.59 bits per heavy atom. The van der Waals surface area contributed by atoms with Gasteiger partial charge in [-0.05, 0) is 55.7 Å². The van der Waals surface area contributed by atoms with Gasteiger partial charge in [0.05, 0.1) is 10.9 Å². The van der Waals surface area contributed by atoms with Gasteiger partial charge in [0.25, 0.3) is 10.0 Å². The van der Waals surface area contributed by atoms with Gasteiger partial charge in [-0.1, -0.05) is 18.2 Å². The number of nitrogens with one attached hydrogen (secondary N) is 2. The first-order valence-corrected chi connectivity index (χ1v) is 11.0. The highest BCUT2D eigenvalue weighted by Crippen LogP contribution is 2.28. The predicted octanol–water partition coefficient (Wildman–Crippen LogP) is 3.12. The molecule has 0 bridgehead atoms. The van der Waals surface area contributed by atoms with Crippen LogP contribution in [0.4, 0.5) is 11.4 Å². The Labute approximate surface area is 171 Å². The number of carbonyl (C=O) groups is 2. The van der Waals surface area contributed by atoms with Crippen LogP contribution in [0.3, 0.4) is 0 Å². The summed E-state index contributed by atoms with van der Waals surface area (Å²) in [6, 6.07) is 11.7. The average Bonchev–Trinajstić information content (AvgIpc) is 3.07. The molecule has 0 saturated carbocycles. The smallest absolute Gasteiger partial charge is 0.262 e. The van der Waals surface area contributed by atoms with Crippen LogP contribution >= 0.6 is 0 Å². The summed E-state index contributed by atoms with van der Waals surface area (Å²) >= 11 is 0. The first-order chi connectivity index (χ1) is 13.7. The Morgan fingerprint density at radius 1 is 1.17 bits per heavy atom. The molecule has 1 fully saturated rings. The summed E-state index contributed by atoms with van der Waals surface area (Å²) in [7, 11) is -3.85. The van der Waals surface area contributed by atoms with Crippen molar-refractivity contribution in [1.29, 1.82) is 0 Å². The van der Waals surface area contributed by atoms with Crippen LogP contribution in [-0.4, -0.2) is 26.8 Å². The van der Waals surface area contributed by atoms with E-state index in [-0.39, 0.29) is 22.8 Å². The fourth-order valence-electron chi connectivity index (χ4n) is 3.44. The van der Waals surface area contributed by atoms with E-state index in [9.17, 15) is 18.0 Å². The Morgan fingerprint density at radius 2 is 1.93 bits per heavy atom. The quantitative estimate of drug-likeness (QED) is 0.758. The lowest BCUT2D eigenvalue weighted by Gasteiger charge is -2.19. The van der Waals surface area contributed by atoms with Gasteiger partial charge < -0.3 is 10.2 Å². The molecule has 29 heavy (non-hydrogen) atoms. The minimum absolute atomic E-state index is 0.00446. The van der Waals surface area contributed by atoms with Crippen LogP contribution in [0.1, 0.15) is 43.9 Å². The van der Waals surface area contributed by atoms with Crippen molar-refractivity contribution in [3.05, 3.63) is 53.6 Å². The second-order valence-corrected chi connectivity index (χ2v) is 8.90. The molecule has 2 amide bonds. The zero-order valence-electron chi connectivity index (χ0n) is 16.7. The summed E-state index contributed by atoms with van der Waals surface area (Å²) < 4.78 is 28.7. The summed E-state index contributed by atoms with van der Waals surface area (Å²) in [6.45, 7) is 5.58. The molecule has 2 N–H and O–H groups in total. The van der Waals surface area contributed by atoms with Crippen LogP contribution in [0.2, 0.25) is 0 Å². The van der Waals surface area contributed by atoms with Gasteiger partial charge in [-0.2, -0.15) is 0 Å². The molecule has 0 aromatic heterocycles. The van der Waals surface area contributed by atoms with E-state index in [1.807, 2.05) is 13.0 Å². The Hall–Kier alpha value is -2.87. The van der Waals surface area contributed by atoms with Gasteiger partial charge >= 0.3 is 0 Å². The molecule has 2 aromatic carbocycles. The molecular weight excluding hydrogens is 390 g/mol. The molecule has 8 heteroatoms. The number of rotatable bonds is 6. The normalized spacial score (nSPS) is 15.3. The van der Waals surface area contributed by atoms with E-state index in [0.717, 1.165) is 12.0 Å². The molecule has 1 saturated heterocycles. The number of benzene rings is 2. The average molecular weight is 416 g/mol. The fraction of sp³-hybridized carbons (Fsp3) is 0.333. The largest absolute Gasteiger partial charge is 0.350 e. The number of nitrogens with zero attached hydrogens (tertiary/aromatic N) is 1. The third-order valence-electron chi connectivity index (χ3n) is 4.90. The third kappa shape index (κ3) is 4.76. The molecule has 3 rings (SSSR count). The molecule has 0 radical (unpaired) electrons. The van der Waals surface area contributed by atoms with Crippen LogP contribution in [0.5, 0.6) is 0 Å². The topological polar surface area (TPSA) is 95.6 Å². The molecule has 154 valence electrons. The first-order valence-electron chi connectivity index (χ1n) is 9.48. The molecule has 1 atom stereocenters. The molecular formula is C21H25N3O4S. The first kappa shape index (κ1) is 20.9. The monoisotopic (exact) mass is 415 g/mol. The Balaban J connectivity index is 1.88. The second-order valence-electron chi connectivity index (χ2n) is 7.25. The molecule has 1 aliphatic rings. The highest BCUT2D eigenvalue weighted by atomic mass is 32.2. The number of anilines is 2. The summed E-state index contributed by atoms with van der Waals surface area (Å²) in [4.78, 5) is 25.1. The van der Waals surface area contributed by atoms with Gasteiger partial charge in [-0.25, -0.2) is 8.42 Å². The SMILES string of the molecule is CC(=O)N[C@@H](C)c1cccc(NS(=O)(=O)c2cc(N3CCCC3=O)ccc2C)c1. The number of aryl methyl sites for hydroxylation is 1. The lowest BCUT2D eigenvalue weighted by Crippen LogP contribution is -2.24. The number of amides is 2. The highest BCUT2D eigenvalue weighted by molar-refractivity contribution is 7.92. The van der Waals surface area contributed by atoms with E-state index >= 15 is 0 Å². The summed E-state index contributed by atoms with van der Waals surface area (Å²) in [5, 5.41) is 2.78. The van der Waals surface area contributed by atoms with Crippen LogP contribution < -0.4 is 14.9 Å². The lowest BCUT2D eigenvalue weighted by atomic mass is 10.1. The lowest BCUT2D eigenvalue weighted by molar-refractivity contribution is -0.119. The van der Waals surface area contributed by atoms with Crippen molar-refractivity contribution in [3.63, 3.8) is 0 Å². The summed E-state index contributed by atoms with van der Waals surface area (Å²) in [5.41, 5.74) is 2.37. The molecule has 1 aliphatic heterocycles. The summed E-state index contributed by atoms with van der Waals surface area (Å²) in [6.07, 6.45) is 1.25. The van der Waals surface area contributed by atoms with Crippen molar-refractivity contribution < 1.29 is 18.0 Å². The molecule has 0 unspecified atom stereocenters. The molecule has 7 nitrogen and oxygen atoms in total. The summed E-state index contributed by atoms with van der Waals surface area (Å²) in [5.74, 6) is -0.155. The maximum Gasteiger partial charge on any atom is 0.262 e.